The average molecular weight is 457 g/mol. The number of nitrogens with one attached hydrogen (secondary N) is 1. The van der Waals surface area contributed by atoms with Gasteiger partial charge in [-0.2, -0.15) is 4.31 Å². The maximum Gasteiger partial charge on any atom is 0.252 e. The lowest BCUT2D eigenvalue weighted by Gasteiger charge is -2.26. The van der Waals surface area contributed by atoms with Gasteiger partial charge in [-0.1, -0.05) is 24.6 Å². The van der Waals surface area contributed by atoms with E-state index in [1.54, 1.807) is 48.3 Å². The molecule has 0 unspecified atom stereocenters. The van der Waals surface area contributed by atoms with Gasteiger partial charge in [-0.05, 0) is 48.7 Å². The fourth-order valence-electron chi connectivity index (χ4n) is 3.87. The third-order valence-electron chi connectivity index (χ3n) is 5.64. The summed E-state index contributed by atoms with van der Waals surface area (Å²) in [7, 11) is -1.86. The van der Waals surface area contributed by atoms with Gasteiger partial charge < -0.3 is 9.88 Å². The first-order valence-electron chi connectivity index (χ1n) is 10.5. The smallest absolute Gasteiger partial charge is 0.252 e. The van der Waals surface area contributed by atoms with Crippen molar-refractivity contribution >= 4 is 15.9 Å². The third-order valence-corrected chi connectivity index (χ3v) is 7.54. The van der Waals surface area contributed by atoms with Gasteiger partial charge in [0.05, 0.1) is 4.90 Å². The highest BCUT2D eigenvalue weighted by molar-refractivity contribution is 7.89. The molecular formula is C23H25FN4O3S. The Morgan fingerprint density at radius 2 is 1.81 bits per heavy atom. The Morgan fingerprint density at radius 1 is 1.09 bits per heavy atom. The average Bonchev–Trinajstić information content (AvgIpc) is 3.24. The predicted molar refractivity (Wildman–Crippen MR) is 118 cm³/mol. The number of piperidine rings is 1. The maximum absolute atomic E-state index is 13.4. The van der Waals surface area contributed by atoms with E-state index in [0.717, 1.165) is 19.3 Å². The second-order valence-electron chi connectivity index (χ2n) is 7.85. The molecule has 1 saturated heterocycles. The Morgan fingerprint density at radius 3 is 2.47 bits per heavy atom. The third kappa shape index (κ3) is 4.58. The van der Waals surface area contributed by atoms with Crippen molar-refractivity contribution in [2.75, 3.05) is 13.1 Å². The van der Waals surface area contributed by atoms with Gasteiger partial charge in [0.1, 0.15) is 17.7 Å². The fraction of sp³-hybridized carbons (Fsp3) is 0.304. The number of benzene rings is 2. The van der Waals surface area contributed by atoms with Gasteiger partial charge in [0.2, 0.25) is 10.0 Å². The molecule has 1 aliphatic rings. The van der Waals surface area contributed by atoms with Crippen LogP contribution in [0.15, 0.2) is 65.8 Å². The highest BCUT2D eigenvalue weighted by Crippen LogP contribution is 2.24. The van der Waals surface area contributed by atoms with Gasteiger partial charge in [0.25, 0.3) is 5.91 Å². The lowest BCUT2D eigenvalue weighted by molar-refractivity contribution is 0.0941. The van der Waals surface area contributed by atoms with Crippen molar-refractivity contribution in [2.24, 2.45) is 7.05 Å². The molecule has 3 aromatic rings. The number of rotatable bonds is 6. The van der Waals surface area contributed by atoms with E-state index in [1.807, 2.05) is 0 Å². The van der Waals surface area contributed by atoms with Crippen molar-refractivity contribution in [1.29, 1.82) is 0 Å². The molecular weight excluding hydrogens is 431 g/mol. The van der Waals surface area contributed by atoms with Crippen molar-refractivity contribution in [3.8, 4) is 0 Å². The summed E-state index contributed by atoms with van der Waals surface area (Å²) in [5.74, 6) is -0.255. The Balaban J connectivity index is 1.62. The zero-order valence-electron chi connectivity index (χ0n) is 17.7. The van der Waals surface area contributed by atoms with Crippen LogP contribution >= 0.6 is 0 Å². The zero-order chi connectivity index (χ0) is 22.7. The fourth-order valence-corrected chi connectivity index (χ4v) is 5.44. The quantitative estimate of drug-likeness (QED) is 0.617. The number of aryl methyl sites for hydroxylation is 1. The minimum absolute atomic E-state index is 0.0994. The molecule has 1 aromatic heterocycles. The number of amides is 1. The first-order chi connectivity index (χ1) is 15.4. The summed E-state index contributed by atoms with van der Waals surface area (Å²) in [5, 5.41) is 2.92. The summed E-state index contributed by atoms with van der Waals surface area (Å²) in [6.07, 6.45) is 6.06. The molecule has 1 fully saturated rings. The van der Waals surface area contributed by atoms with Crippen LogP contribution in [0.5, 0.6) is 0 Å². The van der Waals surface area contributed by atoms with Gasteiger partial charge >= 0.3 is 0 Å². The predicted octanol–water partition coefficient (Wildman–Crippen LogP) is 3.25. The lowest BCUT2D eigenvalue weighted by Crippen LogP contribution is -2.36. The van der Waals surface area contributed by atoms with E-state index in [-0.39, 0.29) is 16.3 Å². The van der Waals surface area contributed by atoms with Gasteiger partial charge in [0.15, 0.2) is 0 Å². The first kappa shape index (κ1) is 22.2. The number of carbonyl (C=O) groups excluding carboxylic acids is 1. The van der Waals surface area contributed by atoms with Crippen LogP contribution in [0, 0.1) is 5.82 Å². The second kappa shape index (κ2) is 9.22. The van der Waals surface area contributed by atoms with Crippen LogP contribution in [0.2, 0.25) is 0 Å². The molecule has 0 saturated carbocycles. The van der Waals surface area contributed by atoms with Crippen molar-refractivity contribution < 1.29 is 17.6 Å². The van der Waals surface area contributed by atoms with Crippen LogP contribution in [-0.2, 0) is 17.1 Å². The molecule has 2 heterocycles. The van der Waals surface area contributed by atoms with E-state index in [1.165, 1.54) is 28.6 Å². The van der Waals surface area contributed by atoms with E-state index in [2.05, 4.69) is 10.3 Å². The molecule has 0 bridgehead atoms. The summed E-state index contributed by atoms with van der Waals surface area (Å²) in [6.45, 7) is 0.981. The van der Waals surface area contributed by atoms with E-state index in [4.69, 9.17) is 0 Å². The maximum atomic E-state index is 13.4. The number of nitrogens with zero attached hydrogens (tertiary/aromatic N) is 3. The topological polar surface area (TPSA) is 84.3 Å². The molecule has 9 heteroatoms. The van der Waals surface area contributed by atoms with Gasteiger partial charge in [-0.15, -0.1) is 0 Å². The molecule has 4 rings (SSSR count). The zero-order valence-corrected chi connectivity index (χ0v) is 18.6. The number of hydrogen-bond donors (Lipinski definition) is 1. The molecule has 0 spiro atoms. The first-order valence-corrected chi connectivity index (χ1v) is 11.9. The molecule has 2 aromatic carbocycles. The Bertz CT molecular complexity index is 1200. The molecule has 1 amide bonds. The molecule has 1 aliphatic heterocycles. The van der Waals surface area contributed by atoms with Crippen LogP contribution in [0.3, 0.4) is 0 Å². The Labute approximate surface area is 186 Å². The van der Waals surface area contributed by atoms with Crippen LogP contribution < -0.4 is 5.32 Å². The molecule has 1 N–H and O–H groups in total. The highest BCUT2D eigenvalue weighted by atomic mass is 32.2. The number of carbonyl (C=O) groups is 1. The molecule has 168 valence electrons. The van der Waals surface area contributed by atoms with Crippen molar-refractivity contribution in [2.45, 2.75) is 30.2 Å². The van der Waals surface area contributed by atoms with Gasteiger partial charge in [-0.25, -0.2) is 17.8 Å². The number of aromatic nitrogens is 2. The monoisotopic (exact) mass is 456 g/mol. The van der Waals surface area contributed by atoms with Crippen molar-refractivity contribution in [3.05, 3.63) is 83.7 Å². The summed E-state index contributed by atoms with van der Waals surface area (Å²) >= 11 is 0. The summed E-state index contributed by atoms with van der Waals surface area (Å²) in [5.41, 5.74) is 0.885. The van der Waals surface area contributed by atoms with Crippen LogP contribution in [0.4, 0.5) is 4.39 Å². The summed E-state index contributed by atoms with van der Waals surface area (Å²) in [6, 6.07) is 11.2. The number of halogens is 1. The minimum atomic E-state index is -3.66. The standard InChI is InChI=1S/C23H25FN4O3S/c1-27-15-12-25-22(27)21(17-8-10-19(24)11-9-17)26-23(29)18-6-5-7-20(16-18)32(30,31)28-13-3-2-4-14-28/h5-12,15-16,21H,2-4,13-14H2,1H3,(H,26,29)/t21-/m0/s1. The SMILES string of the molecule is Cn1ccnc1[C@@H](NC(=O)c1cccc(S(=O)(=O)N2CCCCC2)c1)c1ccc(F)cc1. The second-order valence-corrected chi connectivity index (χ2v) is 9.78. The molecule has 7 nitrogen and oxygen atoms in total. The van der Waals surface area contributed by atoms with E-state index >= 15 is 0 Å². The largest absolute Gasteiger partial charge is 0.338 e. The van der Waals surface area contributed by atoms with E-state index in [9.17, 15) is 17.6 Å². The molecule has 32 heavy (non-hydrogen) atoms. The normalized spacial score (nSPS) is 15.9. The Kier molecular flexibility index (Phi) is 6.38. The summed E-state index contributed by atoms with van der Waals surface area (Å²) in [4.78, 5) is 17.6. The van der Waals surface area contributed by atoms with Crippen LogP contribution in [-0.4, -0.2) is 41.3 Å². The van der Waals surface area contributed by atoms with Crippen molar-refractivity contribution in [3.63, 3.8) is 0 Å². The Hall–Kier alpha value is -3.04. The highest BCUT2D eigenvalue weighted by Gasteiger charge is 2.27. The van der Waals surface area contributed by atoms with E-state index in [0.29, 0.717) is 24.5 Å². The molecule has 0 radical (unpaired) electrons. The van der Waals surface area contributed by atoms with Crippen molar-refractivity contribution in [1.82, 2.24) is 19.2 Å². The lowest BCUT2D eigenvalue weighted by atomic mass is 10.1. The van der Waals surface area contributed by atoms with E-state index < -0.39 is 22.0 Å². The molecule has 0 aliphatic carbocycles. The van der Waals surface area contributed by atoms with Crippen LogP contribution in [0.25, 0.3) is 0 Å². The minimum Gasteiger partial charge on any atom is -0.338 e. The summed E-state index contributed by atoms with van der Waals surface area (Å²) < 4.78 is 42.7. The van der Waals surface area contributed by atoms with Gasteiger partial charge in [0, 0.05) is 38.1 Å². The number of sulfonamides is 1. The number of imidazole rings is 1. The number of hydrogen-bond acceptors (Lipinski definition) is 4. The van der Waals surface area contributed by atoms with Crippen LogP contribution in [0.1, 0.15) is 47.1 Å². The molecule has 1 atom stereocenters. The van der Waals surface area contributed by atoms with Gasteiger partial charge in [-0.3, -0.25) is 4.79 Å².